The highest BCUT2D eigenvalue weighted by atomic mass is 16.5. The van der Waals surface area contributed by atoms with Gasteiger partial charge in [0.2, 0.25) is 0 Å². The molecule has 2 fully saturated rings. The summed E-state index contributed by atoms with van der Waals surface area (Å²) in [5, 5.41) is 20.5. The van der Waals surface area contributed by atoms with Crippen LogP contribution >= 0.6 is 0 Å². The summed E-state index contributed by atoms with van der Waals surface area (Å²) >= 11 is 0. The first-order valence-electron chi connectivity index (χ1n) is 8.48. The molecule has 0 bridgehead atoms. The van der Waals surface area contributed by atoms with E-state index in [9.17, 15) is 10.2 Å². The molecule has 0 atom stereocenters. The maximum atomic E-state index is 10.5. The third kappa shape index (κ3) is 1.76. The average molecular weight is 308 g/mol. The highest BCUT2D eigenvalue weighted by molar-refractivity contribution is 5.80. The van der Waals surface area contributed by atoms with E-state index in [4.69, 9.17) is 4.74 Å². The lowest BCUT2D eigenvalue weighted by Crippen LogP contribution is -2.42. The van der Waals surface area contributed by atoms with Crippen LogP contribution in [0.15, 0.2) is 24.3 Å². The van der Waals surface area contributed by atoms with Crippen molar-refractivity contribution < 1.29 is 14.9 Å². The molecule has 2 saturated carbocycles. The summed E-state index contributed by atoms with van der Waals surface area (Å²) in [6.45, 7) is 1.91. The molecule has 2 aromatic rings. The van der Waals surface area contributed by atoms with E-state index in [1.54, 1.807) is 6.07 Å². The molecule has 1 spiro atoms. The Labute approximate surface area is 135 Å². The fraction of sp³-hybridized carbons (Fsp3) is 0.400. The lowest BCUT2D eigenvalue weighted by molar-refractivity contribution is -0.0147. The predicted molar refractivity (Wildman–Crippen MR) is 88.1 cm³/mol. The van der Waals surface area contributed by atoms with Crippen LogP contribution in [0, 0.1) is 6.92 Å². The largest absolute Gasteiger partial charge is 0.508 e. The summed E-state index contributed by atoms with van der Waals surface area (Å²) in [6.07, 6.45) is 5.40. The molecule has 3 nitrogen and oxygen atoms in total. The lowest BCUT2D eigenvalue weighted by atomic mass is 9.70. The number of phenolic OH excluding ortho intramolecular Hbond substituents is 2. The Morgan fingerprint density at radius 3 is 2.43 bits per heavy atom. The Bertz CT molecular complexity index is 829. The van der Waals surface area contributed by atoms with Gasteiger partial charge in [-0.05, 0) is 79.8 Å². The number of aryl methyl sites for hydroxylation is 1. The molecule has 2 aromatic carbocycles. The second kappa shape index (κ2) is 4.22. The monoisotopic (exact) mass is 308 g/mol. The Kier molecular flexibility index (Phi) is 2.44. The minimum Gasteiger partial charge on any atom is -0.508 e. The van der Waals surface area contributed by atoms with Crippen molar-refractivity contribution in [1.29, 1.82) is 0 Å². The van der Waals surface area contributed by atoms with Crippen molar-refractivity contribution in [1.82, 2.24) is 0 Å². The van der Waals surface area contributed by atoms with Gasteiger partial charge in [-0.3, -0.25) is 0 Å². The molecule has 2 aliphatic carbocycles. The van der Waals surface area contributed by atoms with Crippen molar-refractivity contribution in [2.75, 3.05) is 0 Å². The summed E-state index contributed by atoms with van der Waals surface area (Å²) in [5.74, 6) is 1.97. The van der Waals surface area contributed by atoms with Gasteiger partial charge in [-0.1, -0.05) is 0 Å². The SMILES string of the molecule is Cc1cc2c(cc1O)OC1(CCC1)c1cc(O)c(C3CC3)cc1-2. The summed E-state index contributed by atoms with van der Waals surface area (Å²) in [7, 11) is 0. The topological polar surface area (TPSA) is 49.7 Å². The first kappa shape index (κ1) is 13.3. The van der Waals surface area contributed by atoms with E-state index in [-0.39, 0.29) is 11.4 Å². The zero-order valence-corrected chi connectivity index (χ0v) is 13.2. The Balaban J connectivity index is 1.79. The molecule has 118 valence electrons. The molecule has 3 aliphatic rings. The van der Waals surface area contributed by atoms with Gasteiger partial charge in [-0.15, -0.1) is 0 Å². The van der Waals surface area contributed by atoms with Crippen molar-refractivity contribution in [3.8, 4) is 28.4 Å². The molecule has 0 unspecified atom stereocenters. The van der Waals surface area contributed by atoms with Crippen molar-refractivity contribution in [3.05, 3.63) is 41.0 Å². The van der Waals surface area contributed by atoms with Gasteiger partial charge < -0.3 is 14.9 Å². The van der Waals surface area contributed by atoms with Gasteiger partial charge in [-0.25, -0.2) is 0 Å². The number of hydrogen-bond acceptors (Lipinski definition) is 3. The Morgan fingerprint density at radius 1 is 1.00 bits per heavy atom. The van der Waals surface area contributed by atoms with Crippen LogP contribution in [0.3, 0.4) is 0 Å². The van der Waals surface area contributed by atoms with Gasteiger partial charge in [0.15, 0.2) is 0 Å². The van der Waals surface area contributed by atoms with Crippen LogP contribution in [-0.2, 0) is 5.60 Å². The van der Waals surface area contributed by atoms with E-state index in [0.717, 1.165) is 60.1 Å². The lowest BCUT2D eigenvalue weighted by Gasteiger charge is -2.46. The van der Waals surface area contributed by atoms with Crippen molar-refractivity contribution in [3.63, 3.8) is 0 Å². The number of phenols is 2. The van der Waals surface area contributed by atoms with Crippen LogP contribution in [0.25, 0.3) is 11.1 Å². The summed E-state index contributed by atoms with van der Waals surface area (Å²) in [4.78, 5) is 0. The minimum atomic E-state index is -0.316. The van der Waals surface area contributed by atoms with Gasteiger partial charge in [0.05, 0.1) is 0 Å². The summed E-state index contributed by atoms with van der Waals surface area (Å²) in [6, 6.07) is 7.85. The van der Waals surface area contributed by atoms with Gasteiger partial charge >= 0.3 is 0 Å². The molecule has 0 aromatic heterocycles. The van der Waals surface area contributed by atoms with Gasteiger partial charge in [0.25, 0.3) is 0 Å². The first-order chi connectivity index (χ1) is 11.1. The van der Waals surface area contributed by atoms with Crippen molar-refractivity contribution >= 4 is 0 Å². The second-order valence-electron chi connectivity index (χ2n) is 7.32. The van der Waals surface area contributed by atoms with Crippen LogP contribution in [0.2, 0.25) is 0 Å². The fourth-order valence-electron chi connectivity index (χ4n) is 4.03. The van der Waals surface area contributed by atoms with E-state index in [2.05, 4.69) is 6.07 Å². The van der Waals surface area contributed by atoms with E-state index >= 15 is 0 Å². The van der Waals surface area contributed by atoms with Crippen LogP contribution < -0.4 is 4.74 Å². The van der Waals surface area contributed by atoms with E-state index in [1.165, 1.54) is 5.56 Å². The molecule has 2 N–H and O–H groups in total. The molecule has 0 saturated heterocycles. The number of hydrogen-bond donors (Lipinski definition) is 2. The maximum absolute atomic E-state index is 10.5. The van der Waals surface area contributed by atoms with E-state index < -0.39 is 0 Å². The molecule has 23 heavy (non-hydrogen) atoms. The Hall–Kier alpha value is -2.16. The number of ether oxygens (including phenoxy) is 1. The standard InChI is InChI=1S/C20H20O3/c1-11-7-15-14-8-13(12-3-4-12)18(22)9-16(14)20(5-2-6-20)23-19(15)10-17(11)21/h7-10,12,21-22H,2-6H2,1H3. The molecule has 0 amide bonds. The van der Waals surface area contributed by atoms with Gasteiger partial charge in [-0.2, -0.15) is 0 Å². The molecular weight excluding hydrogens is 288 g/mol. The average Bonchev–Trinajstić information content (AvgIpc) is 3.30. The summed E-state index contributed by atoms with van der Waals surface area (Å²) < 4.78 is 6.32. The number of aromatic hydroxyl groups is 2. The maximum Gasteiger partial charge on any atom is 0.135 e. The summed E-state index contributed by atoms with van der Waals surface area (Å²) in [5.41, 5.74) is 4.93. The van der Waals surface area contributed by atoms with Crippen molar-refractivity contribution in [2.45, 2.75) is 50.5 Å². The van der Waals surface area contributed by atoms with Crippen LogP contribution in [-0.4, -0.2) is 10.2 Å². The van der Waals surface area contributed by atoms with Crippen LogP contribution in [0.4, 0.5) is 0 Å². The molecular formula is C20H20O3. The number of fused-ring (bicyclic) bond motifs is 4. The van der Waals surface area contributed by atoms with Crippen LogP contribution in [0.1, 0.15) is 54.7 Å². The first-order valence-corrected chi connectivity index (χ1v) is 8.48. The third-order valence-corrected chi connectivity index (χ3v) is 5.73. The minimum absolute atomic E-state index is 0.280. The fourth-order valence-corrected chi connectivity index (χ4v) is 4.03. The quantitative estimate of drug-likeness (QED) is 0.801. The Morgan fingerprint density at radius 2 is 1.78 bits per heavy atom. The molecule has 5 rings (SSSR count). The molecule has 1 heterocycles. The van der Waals surface area contributed by atoms with Gasteiger partial charge in [0.1, 0.15) is 22.8 Å². The number of benzene rings is 2. The zero-order chi connectivity index (χ0) is 15.8. The highest BCUT2D eigenvalue weighted by Gasteiger charge is 2.47. The molecule has 0 radical (unpaired) electrons. The van der Waals surface area contributed by atoms with E-state index in [1.807, 2.05) is 19.1 Å². The molecule has 3 heteroatoms. The van der Waals surface area contributed by atoms with E-state index in [0.29, 0.717) is 11.7 Å². The van der Waals surface area contributed by atoms with Crippen LogP contribution in [0.5, 0.6) is 17.2 Å². The zero-order valence-electron chi connectivity index (χ0n) is 13.2. The smallest absolute Gasteiger partial charge is 0.135 e. The van der Waals surface area contributed by atoms with Gasteiger partial charge in [0, 0.05) is 17.2 Å². The molecule has 1 aliphatic heterocycles. The van der Waals surface area contributed by atoms with Crippen molar-refractivity contribution in [2.24, 2.45) is 0 Å². The predicted octanol–water partition coefficient (Wildman–Crippen LogP) is 4.72. The highest BCUT2D eigenvalue weighted by Crippen LogP contribution is 2.57. The third-order valence-electron chi connectivity index (χ3n) is 5.73. The second-order valence-corrected chi connectivity index (χ2v) is 7.32. The number of rotatable bonds is 1. The normalized spacial score (nSPS) is 20.4.